The summed E-state index contributed by atoms with van der Waals surface area (Å²) < 4.78 is 5.53. The summed E-state index contributed by atoms with van der Waals surface area (Å²) in [6.45, 7) is 5.00. The molecule has 4 nitrogen and oxygen atoms in total. The first-order valence-corrected chi connectivity index (χ1v) is 8.35. The molecule has 1 aromatic carbocycles. The topological polar surface area (TPSA) is 41.6 Å². The van der Waals surface area contributed by atoms with E-state index in [1.165, 1.54) is 18.4 Å². The Morgan fingerprint density at radius 3 is 2.68 bits per heavy atom. The molecule has 1 heterocycles. The van der Waals surface area contributed by atoms with Crippen LogP contribution in [-0.4, -0.2) is 37.6 Å². The second kappa shape index (κ2) is 6.69. The number of para-hydroxylation sites is 1. The molecule has 4 heteroatoms. The minimum atomic E-state index is 0.205. The highest BCUT2D eigenvalue weighted by Crippen LogP contribution is 2.38. The number of hydrogen-bond donors (Lipinski definition) is 1. The molecule has 3 atom stereocenters. The minimum absolute atomic E-state index is 0.205. The largest absolute Gasteiger partial charge is 0.496 e. The molecule has 1 aliphatic carbocycles. The van der Waals surface area contributed by atoms with Gasteiger partial charge in [-0.15, -0.1) is 0 Å². The number of hydrogen-bond acceptors (Lipinski definition) is 3. The number of ether oxygens (including phenoxy) is 1. The summed E-state index contributed by atoms with van der Waals surface area (Å²) in [6, 6.07) is 8.37. The van der Waals surface area contributed by atoms with E-state index in [2.05, 4.69) is 23.2 Å². The number of likely N-dealkylation sites (tertiary alicyclic amines) is 1. The maximum absolute atomic E-state index is 12.2. The van der Waals surface area contributed by atoms with E-state index >= 15 is 0 Å². The lowest BCUT2D eigenvalue weighted by atomic mass is 10.0. The van der Waals surface area contributed by atoms with Crippen molar-refractivity contribution in [3.63, 3.8) is 0 Å². The van der Waals surface area contributed by atoms with Gasteiger partial charge in [-0.25, -0.2) is 0 Å². The van der Waals surface area contributed by atoms with Gasteiger partial charge in [0.25, 0.3) is 0 Å². The van der Waals surface area contributed by atoms with Crippen molar-refractivity contribution in [2.75, 3.05) is 26.7 Å². The van der Waals surface area contributed by atoms with Crippen LogP contribution in [0.5, 0.6) is 5.75 Å². The van der Waals surface area contributed by atoms with Crippen molar-refractivity contribution in [1.29, 1.82) is 0 Å². The molecule has 22 heavy (non-hydrogen) atoms. The first-order chi connectivity index (χ1) is 10.7. The molecule has 1 aromatic rings. The number of carbonyl (C=O) groups is 1. The summed E-state index contributed by atoms with van der Waals surface area (Å²) >= 11 is 0. The SMILES string of the molecule is COc1ccccc1C(CNC(=O)C1CC1C)N1CCCC1. The lowest BCUT2D eigenvalue weighted by Crippen LogP contribution is -2.37. The molecule has 0 radical (unpaired) electrons. The van der Waals surface area contributed by atoms with Crippen LogP contribution in [0.3, 0.4) is 0 Å². The zero-order valence-corrected chi connectivity index (χ0v) is 13.5. The van der Waals surface area contributed by atoms with Crippen molar-refractivity contribution in [1.82, 2.24) is 10.2 Å². The van der Waals surface area contributed by atoms with Crippen LogP contribution in [0.1, 0.15) is 37.8 Å². The van der Waals surface area contributed by atoms with Gasteiger partial charge in [0.15, 0.2) is 0 Å². The predicted molar refractivity (Wildman–Crippen MR) is 86.8 cm³/mol. The van der Waals surface area contributed by atoms with Crippen LogP contribution in [0.25, 0.3) is 0 Å². The van der Waals surface area contributed by atoms with Crippen LogP contribution in [0.2, 0.25) is 0 Å². The van der Waals surface area contributed by atoms with Gasteiger partial charge in [-0.1, -0.05) is 25.1 Å². The fourth-order valence-corrected chi connectivity index (χ4v) is 3.45. The van der Waals surface area contributed by atoms with Crippen LogP contribution >= 0.6 is 0 Å². The number of rotatable bonds is 6. The Kier molecular flexibility index (Phi) is 4.67. The summed E-state index contributed by atoms with van der Waals surface area (Å²) in [6.07, 6.45) is 3.51. The first kappa shape index (κ1) is 15.3. The maximum Gasteiger partial charge on any atom is 0.223 e. The Labute approximate surface area is 132 Å². The molecular formula is C18H26N2O2. The Balaban J connectivity index is 1.73. The smallest absolute Gasteiger partial charge is 0.223 e. The van der Waals surface area contributed by atoms with Crippen molar-refractivity contribution >= 4 is 5.91 Å². The van der Waals surface area contributed by atoms with Crippen LogP contribution < -0.4 is 10.1 Å². The third-order valence-electron chi connectivity index (χ3n) is 5.00. The lowest BCUT2D eigenvalue weighted by molar-refractivity contribution is -0.122. The average molecular weight is 302 g/mol. The number of carbonyl (C=O) groups excluding carboxylic acids is 1. The molecule has 1 saturated heterocycles. The van der Waals surface area contributed by atoms with E-state index in [0.717, 1.165) is 25.3 Å². The molecular weight excluding hydrogens is 276 g/mol. The van der Waals surface area contributed by atoms with Crippen molar-refractivity contribution in [2.24, 2.45) is 11.8 Å². The van der Waals surface area contributed by atoms with E-state index < -0.39 is 0 Å². The maximum atomic E-state index is 12.2. The highest BCUT2D eigenvalue weighted by atomic mass is 16.5. The molecule has 1 saturated carbocycles. The standard InChI is InChI=1S/C18H26N2O2/c1-13-11-15(13)18(21)19-12-16(20-9-5-6-10-20)14-7-3-4-8-17(14)22-2/h3-4,7-8,13,15-16H,5-6,9-12H2,1-2H3,(H,19,21). The molecule has 3 unspecified atom stereocenters. The highest BCUT2D eigenvalue weighted by molar-refractivity contribution is 5.81. The normalized spacial score (nSPS) is 25.7. The molecule has 0 aromatic heterocycles. The van der Waals surface area contributed by atoms with E-state index in [1.807, 2.05) is 18.2 Å². The number of benzene rings is 1. The van der Waals surface area contributed by atoms with Crippen molar-refractivity contribution in [3.05, 3.63) is 29.8 Å². The lowest BCUT2D eigenvalue weighted by Gasteiger charge is -2.29. The van der Waals surface area contributed by atoms with Crippen LogP contribution in [0, 0.1) is 11.8 Å². The van der Waals surface area contributed by atoms with E-state index in [-0.39, 0.29) is 17.9 Å². The van der Waals surface area contributed by atoms with Crippen molar-refractivity contribution in [3.8, 4) is 5.75 Å². The fraction of sp³-hybridized carbons (Fsp3) is 0.611. The van der Waals surface area contributed by atoms with Crippen LogP contribution in [-0.2, 0) is 4.79 Å². The molecule has 3 rings (SSSR count). The van der Waals surface area contributed by atoms with Gasteiger partial charge in [-0.05, 0) is 44.3 Å². The summed E-state index contributed by atoms with van der Waals surface area (Å²) in [5.74, 6) is 1.91. The molecule has 1 aliphatic heterocycles. The summed E-state index contributed by atoms with van der Waals surface area (Å²) in [5, 5.41) is 3.17. The number of amides is 1. The molecule has 2 aliphatic rings. The Hall–Kier alpha value is -1.55. The van der Waals surface area contributed by atoms with E-state index in [4.69, 9.17) is 4.74 Å². The van der Waals surface area contributed by atoms with Gasteiger partial charge in [0.1, 0.15) is 5.75 Å². The molecule has 120 valence electrons. The van der Waals surface area contributed by atoms with Gasteiger partial charge < -0.3 is 10.1 Å². The molecule has 0 bridgehead atoms. The van der Waals surface area contributed by atoms with Crippen LogP contribution in [0.15, 0.2) is 24.3 Å². The Morgan fingerprint density at radius 1 is 1.36 bits per heavy atom. The summed E-state index contributed by atoms with van der Waals surface area (Å²) in [7, 11) is 1.71. The summed E-state index contributed by atoms with van der Waals surface area (Å²) in [4.78, 5) is 14.6. The minimum Gasteiger partial charge on any atom is -0.496 e. The second-order valence-corrected chi connectivity index (χ2v) is 6.57. The third-order valence-corrected chi connectivity index (χ3v) is 5.00. The average Bonchev–Trinajstić information content (AvgIpc) is 3.04. The van der Waals surface area contributed by atoms with Gasteiger partial charge in [-0.3, -0.25) is 9.69 Å². The monoisotopic (exact) mass is 302 g/mol. The number of methoxy groups -OCH3 is 1. The Morgan fingerprint density at radius 2 is 2.05 bits per heavy atom. The molecule has 2 fully saturated rings. The molecule has 0 spiro atoms. The van der Waals surface area contributed by atoms with E-state index in [0.29, 0.717) is 12.5 Å². The highest BCUT2D eigenvalue weighted by Gasteiger charge is 2.39. The van der Waals surface area contributed by atoms with Crippen molar-refractivity contribution < 1.29 is 9.53 Å². The van der Waals surface area contributed by atoms with E-state index in [1.54, 1.807) is 7.11 Å². The number of nitrogens with zero attached hydrogens (tertiary/aromatic N) is 1. The molecule has 1 N–H and O–H groups in total. The third kappa shape index (κ3) is 3.27. The van der Waals surface area contributed by atoms with Gasteiger partial charge in [0.05, 0.1) is 13.2 Å². The van der Waals surface area contributed by atoms with Crippen molar-refractivity contribution in [2.45, 2.75) is 32.2 Å². The Bertz CT molecular complexity index is 526. The first-order valence-electron chi connectivity index (χ1n) is 8.35. The number of nitrogens with one attached hydrogen (secondary N) is 1. The van der Waals surface area contributed by atoms with Gasteiger partial charge >= 0.3 is 0 Å². The molecule has 1 amide bonds. The zero-order valence-electron chi connectivity index (χ0n) is 13.5. The zero-order chi connectivity index (χ0) is 15.5. The predicted octanol–water partition coefficient (Wildman–Crippen LogP) is 2.60. The quantitative estimate of drug-likeness (QED) is 0.878. The van der Waals surface area contributed by atoms with E-state index in [9.17, 15) is 4.79 Å². The van der Waals surface area contributed by atoms with Gasteiger partial charge in [-0.2, -0.15) is 0 Å². The second-order valence-electron chi connectivity index (χ2n) is 6.57. The van der Waals surface area contributed by atoms with Crippen LogP contribution in [0.4, 0.5) is 0 Å². The van der Waals surface area contributed by atoms with Gasteiger partial charge in [0, 0.05) is 18.0 Å². The summed E-state index contributed by atoms with van der Waals surface area (Å²) in [5.41, 5.74) is 1.18. The van der Waals surface area contributed by atoms with Gasteiger partial charge in [0.2, 0.25) is 5.91 Å². The fourth-order valence-electron chi connectivity index (χ4n) is 3.45.